The van der Waals surface area contributed by atoms with E-state index in [1.807, 2.05) is 18.3 Å². The lowest BCUT2D eigenvalue weighted by Gasteiger charge is -1.99. The van der Waals surface area contributed by atoms with E-state index in [-0.39, 0.29) is 0 Å². The summed E-state index contributed by atoms with van der Waals surface area (Å²) in [5.74, 6) is 1.14. The molecule has 0 aliphatic rings. The quantitative estimate of drug-likeness (QED) is 0.787. The Balaban J connectivity index is 2.61. The molecule has 0 aliphatic heterocycles. The molecule has 2 aromatic rings. The largest absolute Gasteiger partial charge is 0.303 e. The third-order valence-electron chi connectivity index (χ3n) is 2.07. The zero-order valence-corrected chi connectivity index (χ0v) is 9.08. The minimum atomic E-state index is 1.03. The summed E-state index contributed by atoms with van der Waals surface area (Å²) in [7, 11) is 0. The number of nitrogens with zero attached hydrogens (tertiary/aromatic N) is 2. The zero-order chi connectivity index (χ0) is 9.26. The molecule has 0 aliphatic carbocycles. The van der Waals surface area contributed by atoms with Crippen LogP contribution >= 0.6 is 15.9 Å². The van der Waals surface area contributed by atoms with E-state index in [9.17, 15) is 0 Å². The number of hydrogen-bond acceptors (Lipinski definition) is 1. The highest BCUT2D eigenvalue weighted by molar-refractivity contribution is 9.10. The van der Waals surface area contributed by atoms with E-state index in [4.69, 9.17) is 0 Å². The van der Waals surface area contributed by atoms with Crippen LogP contribution in [-0.4, -0.2) is 9.38 Å². The molecule has 0 N–H and O–H groups in total. The SMILES string of the molecule is CCCc1ncc2c(Br)cccn12. The van der Waals surface area contributed by atoms with Crippen molar-refractivity contribution in [3.63, 3.8) is 0 Å². The zero-order valence-electron chi connectivity index (χ0n) is 7.50. The summed E-state index contributed by atoms with van der Waals surface area (Å²) >= 11 is 3.50. The Hall–Kier alpha value is -0.830. The molecule has 2 aromatic heterocycles. The molecule has 2 rings (SSSR count). The molecular formula is C10H11BrN2. The van der Waals surface area contributed by atoms with Crippen molar-refractivity contribution >= 4 is 21.4 Å². The second-order valence-corrected chi connectivity index (χ2v) is 3.89. The lowest BCUT2D eigenvalue weighted by atomic mass is 10.3. The van der Waals surface area contributed by atoms with Gasteiger partial charge in [-0.1, -0.05) is 6.92 Å². The van der Waals surface area contributed by atoms with Crippen LogP contribution in [0, 0.1) is 0 Å². The summed E-state index contributed by atoms with van der Waals surface area (Å²) in [4.78, 5) is 4.38. The topological polar surface area (TPSA) is 17.3 Å². The van der Waals surface area contributed by atoms with Crippen LogP contribution in [0.3, 0.4) is 0 Å². The van der Waals surface area contributed by atoms with Gasteiger partial charge in [0, 0.05) is 17.1 Å². The number of pyridine rings is 1. The molecule has 68 valence electrons. The van der Waals surface area contributed by atoms with E-state index in [0.717, 1.165) is 28.7 Å². The molecule has 2 heterocycles. The van der Waals surface area contributed by atoms with Gasteiger partial charge in [0.15, 0.2) is 0 Å². The van der Waals surface area contributed by atoms with Crippen LogP contribution in [0.25, 0.3) is 5.52 Å². The third kappa shape index (κ3) is 1.48. The first-order valence-electron chi connectivity index (χ1n) is 4.43. The van der Waals surface area contributed by atoms with Crippen LogP contribution in [0.5, 0.6) is 0 Å². The van der Waals surface area contributed by atoms with E-state index >= 15 is 0 Å². The molecule has 0 fully saturated rings. The minimum Gasteiger partial charge on any atom is -0.303 e. The van der Waals surface area contributed by atoms with Crippen LogP contribution in [-0.2, 0) is 6.42 Å². The van der Waals surface area contributed by atoms with Crippen molar-refractivity contribution in [1.29, 1.82) is 0 Å². The molecule has 3 heteroatoms. The lowest BCUT2D eigenvalue weighted by molar-refractivity contribution is 0.830. The molecule has 0 saturated carbocycles. The first-order valence-corrected chi connectivity index (χ1v) is 5.22. The first-order chi connectivity index (χ1) is 6.33. The number of aryl methyl sites for hydroxylation is 1. The standard InChI is InChI=1S/C10H11BrN2/c1-2-4-10-12-7-9-8(11)5-3-6-13(9)10/h3,5-7H,2,4H2,1H3. The van der Waals surface area contributed by atoms with Crippen LogP contribution < -0.4 is 0 Å². The average molecular weight is 239 g/mol. The maximum Gasteiger partial charge on any atom is 0.113 e. The summed E-state index contributed by atoms with van der Waals surface area (Å²) in [6.45, 7) is 2.17. The predicted octanol–water partition coefficient (Wildman–Crippen LogP) is 3.05. The second kappa shape index (κ2) is 3.50. The van der Waals surface area contributed by atoms with E-state index < -0.39 is 0 Å². The normalized spacial score (nSPS) is 10.9. The summed E-state index contributed by atoms with van der Waals surface area (Å²) in [6.07, 6.45) is 6.13. The van der Waals surface area contributed by atoms with Crippen molar-refractivity contribution in [2.45, 2.75) is 19.8 Å². The monoisotopic (exact) mass is 238 g/mol. The Morgan fingerprint density at radius 1 is 1.54 bits per heavy atom. The third-order valence-corrected chi connectivity index (χ3v) is 2.74. The fraction of sp³-hybridized carbons (Fsp3) is 0.300. The Morgan fingerprint density at radius 3 is 3.15 bits per heavy atom. The van der Waals surface area contributed by atoms with Gasteiger partial charge in [-0.2, -0.15) is 0 Å². The molecule has 13 heavy (non-hydrogen) atoms. The van der Waals surface area contributed by atoms with Gasteiger partial charge in [0.25, 0.3) is 0 Å². The van der Waals surface area contributed by atoms with Crippen molar-refractivity contribution < 1.29 is 0 Å². The maximum atomic E-state index is 4.38. The van der Waals surface area contributed by atoms with E-state index in [1.54, 1.807) is 0 Å². The van der Waals surface area contributed by atoms with Crippen molar-refractivity contribution in [1.82, 2.24) is 9.38 Å². The van der Waals surface area contributed by atoms with Gasteiger partial charge in [0.05, 0.1) is 11.7 Å². The van der Waals surface area contributed by atoms with Gasteiger partial charge in [-0.25, -0.2) is 4.98 Å². The van der Waals surface area contributed by atoms with Crippen molar-refractivity contribution in [3.8, 4) is 0 Å². The number of aromatic nitrogens is 2. The molecule has 0 atom stereocenters. The summed E-state index contributed by atoms with van der Waals surface area (Å²) in [5.41, 5.74) is 1.14. The van der Waals surface area contributed by atoms with Crippen LogP contribution in [0.2, 0.25) is 0 Å². The van der Waals surface area contributed by atoms with Gasteiger partial charge in [-0.05, 0) is 34.5 Å². The number of halogens is 1. The predicted molar refractivity (Wildman–Crippen MR) is 56.9 cm³/mol. The maximum absolute atomic E-state index is 4.38. The molecule has 2 nitrogen and oxygen atoms in total. The Bertz CT molecular complexity index is 420. The minimum absolute atomic E-state index is 1.03. The molecule has 0 amide bonds. The van der Waals surface area contributed by atoms with Gasteiger partial charge >= 0.3 is 0 Å². The molecule has 0 aromatic carbocycles. The van der Waals surface area contributed by atoms with E-state index in [2.05, 4.69) is 38.4 Å². The van der Waals surface area contributed by atoms with E-state index in [0.29, 0.717) is 0 Å². The summed E-state index contributed by atoms with van der Waals surface area (Å²) in [6, 6.07) is 4.06. The Labute approximate surface area is 85.7 Å². The van der Waals surface area contributed by atoms with Gasteiger partial charge in [-0.3, -0.25) is 0 Å². The van der Waals surface area contributed by atoms with Gasteiger partial charge in [0.2, 0.25) is 0 Å². The number of imidazole rings is 1. The summed E-state index contributed by atoms with van der Waals surface area (Å²) < 4.78 is 3.23. The van der Waals surface area contributed by atoms with Gasteiger partial charge < -0.3 is 4.40 Å². The number of fused-ring (bicyclic) bond motifs is 1. The average Bonchev–Trinajstić information content (AvgIpc) is 2.51. The molecule has 0 spiro atoms. The van der Waals surface area contributed by atoms with Crippen molar-refractivity contribution in [3.05, 3.63) is 34.8 Å². The fourth-order valence-electron chi connectivity index (χ4n) is 1.45. The van der Waals surface area contributed by atoms with Crippen molar-refractivity contribution in [2.75, 3.05) is 0 Å². The number of rotatable bonds is 2. The van der Waals surface area contributed by atoms with Gasteiger partial charge in [0.1, 0.15) is 5.82 Å². The highest BCUT2D eigenvalue weighted by atomic mass is 79.9. The fourth-order valence-corrected chi connectivity index (χ4v) is 1.90. The molecule has 0 radical (unpaired) electrons. The number of hydrogen-bond donors (Lipinski definition) is 0. The molecule has 0 saturated heterocycles. The second-order valence-electron chi connectivity index (χ2n) is 3.04. The van der Waals surface area contributed by atoms with E-state index in [1.165, 1.54) is 0 Å². The van der Waals surface area contributed by atoms with Crippen LogP contribution in [0.15, 0.2) is 29.0 Å². The smallest absolute Gasteiger partial charge is 0.113 e. The lowest BCUT2D eigenvalue weighted by Crippen LogP contribution is -1.93. The van der Waals surface area contributed by atoms with Crippen LogP contribution in [0.4, 0.5) is 0 Å². The van der Waals surface area contributed by atoms with Crippen molar-refractivity contribution in [2.24, 2.45) is 0 Å². The molecular weight excluding hydrogens is 228 g/mol. The summed E-state index contributed by atoms with van der Waals surface area (Å²) in [5, 5.41) is 0. The Morgan fingerprint density at radius 2 is 2.38 bits per heavy atom. The first kappa shape index (κ1) is 8.75. The van der Waals surface area contributed by atoms with Crippen LogP contribution in [0.1, 0.15) is 19.2 Å². The molecule has 0 unspecified atom stereocenters. The Kier molecular flexibility index (Phi) is 2.36. The molecule has 0 bridgehead atoms. The van der Waals surface area contributed by atoms with Gasteiger partial charge in [-0.15, -0.1) is 0 Å². The highest BCUT2D eigenvalue weighted by Gasteiger charge is 2.03. The highest BCUT2D eigenvalue weighted by Crippen LogP contribution is 2.18.